The molecule has 1 aromatic carbocycles. The van der Waals surface area contributed by atoms with Gasteiger partial charge in [-0.3, -0.25) is 14.7 Å². The van der Waals surface area contributed by atoms with Crippen molar-refractivity contribution in [1.82, 2.24) is 14.9 Å². The maximum atomic E-state index is 12.7. The van der Waals surface area contributed by atoms with Gasteiger partial charge < -0.3 is 9.72 Å². The highest BCUT2D eigenvalue weighted by Gasteiger charge is 2.20. The summed E-state index contributed by atoms with van der Waals surface area (Å²) in [5.74, 6) is 0. The first-order valence-electron chi connectivity index (χ1n) is 9.95. The number of ether oxygens (including phenoxy) is 1. The van der Waals surface area contributed by atoms with E-state index in [0.29, 0.717) is 6.54 Å². The molecule has 1 N–H and O–H groups in total. The van der Waals surface area contributed by atoms with Crippen molar-refractivity contribution >= 4 is 10.9 Å². The fraction of sp³-hybridized carbons (Fsp3) is 0.391. The van der Waals surface area contributed by atoms with Crippen LogP contribution in [0, 0.1) is 13.8 Å². The first-order chi connectivity index (χ1) is 13.6. The highest BCUT2D eigenvalue weighted by Crippen LogP contribution is 2.19. The molecule has 28 heavy (non-hydrogen) atoms. The first-order valence-corrected chi connectivity index (χ1v) is 9.95. The van der Waals surface area contributed by atoms with Gasteiger partial charge in [-0.1, -0.05) is 12.1 Å². The van der Waals surface area contributed by atoms with Crippen molar-refractivity contribution in [1.29, 1.82) is 0 Å². The van der Waals surface area contributed by atoms with Crippen molar-refractivity contribution in [3.8, 4) is 0 Å². The van der Waals surface area contributed by atoms with E-state index in [1.807, 2.05) is 44.3 Å². The molecule has 1 aliphatic rings. The maximum absolute atomic E-state index is 12.7. The number of benzene rings is 1. The molecule has 0 radical (unpaired) electrons. The number of aromatic nitrogens is 2. The van der Waals surface area contributed by atoms with E-state index >= 15 is 0 Å². The number of hydrogen-bond donors (Lipinski definition) is 1. The number of hydrogen-bond acceptors (Lipinski definition) is 4. The van der Waals surface area contributed by atoms with E-state index in [1.54, 1.807) is 6.07 Å². The molecule has 0 amide bonds. The third-order valence-corrected chi connectivity index (χ3v) is 5.33. The molecule has 5 heteroatoms. The number of nitrogens with one attached hydrogen (secondary N) is 1. The van der Waals surface area contributed by atoms with Crippen molar-refractivity contribution < 1.29 is 4.74 Å². The van der Waals surface area contributed by atoms with Gasteiger partial charge in [0.15, 0.2) is 5.43 Å². The van der Waals surface area contributed by atoms with Gasteiger partial charge in [-0.15, -0.1) is 0 Å². The molecule has 1 saturated heterocycles. The Bertz CT molecular complexity index is 1010. The molecule has 0 spiro atoms. The summed E-state index contributed by atoms with van der Waals surface area (Å²) in [5.41, 5.74) is 5.17. The number of nitrogens with zero attached hydrogens (tertiary/aromatic N) is 2. The van der Waals surface area contributed by atoms with Gasteiger partial charge >= 0.3 is 0 Å². The number of fused-ring (bicyclic) bond motifs is 1. The van der Waals surface area contributed by atoms with Crippen LogP contribution in [0.2, 0.25) is 0 Å². The SMILES string of the molecule is Cc1cc(C)c2[nH]c(CN(Cc3ccccn3)CC3CCCO3)cc(=O)c2c1. The van der Waals surface area contributed by atoms with Gasteiger partial charge in [0.05, 0.1) is 17.3 Å². The molecule has 146 valence electrons. The first kappa shape index (κ1) is 18.8. The molecule has 1 atom stereocenters. The summed E-state index contributed by atoms with van der Waals surface area (Å²) in [6.07, 6.45) is 4.28. The fourth-order valence-corrected chi connectivity index (χ4v) is 4.07. The second-order valence-corrected chi connectivity index (χ2v) is 7.79. The van der Waals surface area contributed by atoms with Crippen LogP contribution in [-0.2, 0) is 17.8 Å². The molecule has 0 saturated carbocycles. The molecule has 5 nitrogen and oxygen atoms in total. The Kier molecular flexibility index (Phi) is 5.55. The third-order valence-electron chi connectivity index (χ3n) is 5.33. The molecule has 3 aromatic rings. The number of pyridine rings is 2. The lowest BCUT2D eigenvalue weighted by atomic mass is 10.1. The Hall–Kier alpha value is -2.50. The Morgan fingerprint density at radius 2 is 2.11 bits per heavy atom. The van der Waals surface area contributed by atoms with E-state index in [4.69, 9.17) is 4.74 Å². The highest BCUT2D eigenvalue weighted by molar-refractivity contribution is 5.82. The molecule has 4 rings (SSSR count). The standard InChI is InChI=1S/C23H27N3O2/c1-16-10-17(2)23-21(11-16)22(27)12-19(25-23)14-26(15-20-7-5-9-28-20)13-18-6-3-4-8-24-18/h3-4,6,8,10-12,20H,5,7,9,13-15H2,1-2H3,(H,25,27). The Labute approximate surface area is 165 Å². The van der Waals surface area contributed by atoms with Crippen LogP contribution in [0.5, 0.6) is 0 Å². The average Bonchev–Trinajstić information content (AvgIpc) is 3.17. The summed E-state index contributed by atoms with van der Waals surface area (Å²) >= 11 is 0. The highest BCUT2D eigenvalue weighted by atomic mass is 16.5. The van der Waals surface area contributed by atoms with Crippen molar-refractivity contribution in [2.24, 2.45) is 0 Å². The molecule has 0 bridgehead atoms. The largest absolute Gasteiger partial charge is 0.377 e. The third kappa shape index (κ3) is 4.32. The number of H-pyrrole nitrogens is 1. The fourth-order valence-electron chi connectivity index (χ4n) is 4.07. The van der Waals surface area contributed by atoms with Crippen LogP contribution < -0.4 is 5.43 Å². The number of aryl methyl sites for hydroxylation is 2. The van der Waals surface area contributed by atoms with Crippen LogP contribution in [-0.4, -0.2) is 34.1 Å². The van der Waals surface area contributed by atoms with E-state index in [-0.39, 0.29) is 11.5 Å². The normalized spacial score (nSPS) is 16.9. The lowest BCUT2D eigenvalue weighted by Crippen LogP contribution is -2.32. The molecule has 1 fully saturated rings. The van der Waals surface area contributed by atoms with Crippen LogP contribution in [0.25, 0.3) is 10.9 Å². The topological polar surface area (TPSA) is 58.2 Å². The molecule has 3 heterocycles. The summed E-state index contributed by atoms with van der Waals surface area (Å²) in [6, 6.07) is 11.8. The summed E-state index contributed by atoms with van der Waals surface area (Å²) in [6.45, 7) is 7.14. The Morgan fingerprint density at radius 3 is 2.86 bits per heavy atom. The van der Waals surface area contributed by atoms with E-state index in [0.717, 1.165) is 66.0 Å². The zero-order valence-electron chi connectivity index (χ0n) is 16.6. The molecular formula is C23H27N3O2. The van der Waals surface area contributed by atoms with Crippen molar-refractivity contribution in [3.05, 3.63) is 75.3 Å². The van der Waals surface area contributed by atoms with Gasteiger partial charge in [-0.25, -0.2) is 0 Å². The second-order valence-electron chi connectivity index (χ2n) is 7.79. The van der Waals surface area contributed by atoms with Gasteiger partial charge in [0, 0.05) is 49.6 Å². The van der Waals surface area contributed by atoms with Gasteiger partial charge in [0.2, 0.25) is 0 Å². The molecule has 0 aliphatic carbocycles. The van der Waals surface area contributed by atoms with Crippen LogP contribution in [0.4, 0.5) is 0 Å². The zero-order valence-corrected chi connectivity index (χ0v) is 16.6. The predicted molar refractivity (Wildman–Crippen MR) is 111 cm³/mol. The monoisotopic (exact) mass is 377 g/mol. The van der Waals surface area contributed by atoms with Crippen molar-refractivity contribution in [3.63, 3.8) is 0 Å². The Balaban J connectivity index is 1.62. The Morgan fingerprint density at radius 1 is 1.21 bits per heavy atom. The lowest BCUT2D eigenvalue weighted by molar-refractivity contribution is 0.0671. The van der Waals surface area contributed by atoms with Crippen LogP contribution >= 0.6 is 0 Å². The lowest BCUT2D eigenvalue weighted by Gasteiger charge is -2.25. The predicted octanol–water partition coefficient (Wildman–Crippen LogP) is 3.72. The molecular weight excluding hydrogens is 350 g/mol. The van der Waals surface area contributed by atoms with E-state index < -0.39 is 0 Å². The minimum absolute atomic E-state index is 0.0745. The van der Waals surface area contributed by atoms with Gasteiger partial charge in [0.25, 0.3) is 0 Å². The summed E-state index contributed by atoms with van der Waals surface area (Å²) < 4.78 is 5.85. The number of aromatic amines is 1. The average molecular weight is 377 g/mol. The summed E-state index contributed by atoms with van der Waals surface area (Å²) in [7, 11) is 0. The minimum atomic E-state index is 0.0745. The molecule has 1 aliphatic heterocycles. The van der Waals surface area contributed by atoms with Crippen LogP contribution in [0.15, 0.2) is 47.4 Å². The van der Waals surface area contributed by atoms with E-state index in [1.165, 1.54) is 0 Å². The van der Waals surface area contributed by atoms with Crippen molar-refractivity contribution in [2.75, 3.05) is 13.2 Å². The minimum Gasteiger partial charge on any atom is -0.377 e. The quantitative estimate of drug-likeness (QED) is 0.711. The van der Waals surface area contributed by atoms with Gasteiger partial charge in [0.1, 0.15) is 0 Å². The van der Waals surface area contributed by atoms with Gasteiger partial charge in [-0.2, -0.15) is 0 Å². The molecule has 1 unspecified atom stereocenters. The van der Waals surface area contributed by atoms with E-state index in [2.05, 4.69) is 20.9 Å². The van der Waals surface area contributed by atoms with E-state index in [9.17, 15) is 4.79 Å². The number of rotatable bonds is 6. The van der Waals surface area contributed by atoms with Gasteiger partial charge in [-0.05, 0) is 56.0 Å². The summed E-state index contributed by atoms with van der Waals surface area (Å²) in [4.78, 5) is 23.0. The van der Waals surface area contributed by atoms with Crippen molar-refractivity contribution in [2.45, 2.75) is 45.9 Å². The smallest absolute Gasteiger partial charge is 0.189 e. The second kappa shape index (κ2) is 8.25. The summed E-state index contributed by atoms with van der Waals surface area (Å²) in [5, 5.41) is 0.761. The maximum Gasteiger partial charge on any atom is 0.189 e. The van der Waals surface area contributed by atoms with Crippen LogP contribution in [0.1, 0.15) is 35.4 Å². The van der Waals surface area contributed by atoms with Crippen LogP contribution in [0.3, 0.4) is 0 Å². The zero-order chi connectivity index (χ0) is 19.5. The molecule has 2 aromatic heterocycles.